The van der Waals surface area contributed by atoms with Crippen LogP contribution in [0, 0.1) is 12.8 Å². The average molecular weight is 294 g/mol. The molecule has 3 nitrogen and oxygen atoms in total. The highest BCUT2D eigenvalue weighted by molar-refractivity contribution is 7.91. The number of halogens is 1. The van der Waals surface area contributed by atoms with Crippen molar-refractivity contribution in [3.63, 3.8) is 0 Å². The molecule has 1 saturated heterocycles. The van der Waals surface area contributed by atoms with Crippen molar-refractivity contribution in [1.29, 1.82) is 0 Å². The Morgan fingerprint density at radius 2 is 2.29 bits per heavy atom. The van der Waals surface area contributed by atoms with Crippen LogP contribution < -0.4 is 0 Å². The number of hydrogen-bond donors (Lipinski definition) is 0. The van der Waals surface area contributed by atoms with Crippen LogP contribution in [0.25, 0.3) is 0 Å². The van der Waals surface area contributed by atoms with Gasteiger partial charge in [-0.15, -0.1) is 22.9 Å². The van der Waals surface area contributed by atoms with Crippen LogP contribution in [-0.4, -0.2) is 31.7 Å². The Morgan fingerprint density at radius 3 is 2.88 bits per heavy atom. The van der Waals surface area contributed by atoms with Crippen LogP contribution in [0.4, 0.5) is 0 Å². The van der Waals surface area contributed by atoms with E-state index in [1.54, 1.807) is 10.4 Å². The van der Waals surface area contributed by atoms with E-state index in [4.69, 9.17) is 11.6 Å². The van der Waals surface area contributed by atoms with Crippen LogP contribution in [0.1, 0.15) is 17.7 Å². The Kier molecular flexibility index (Phi) is 4.13. The number of alkyl halides is 1. The van der Waals surface area contributed by atoms with Gasteiger partial charge in [-0.2, -0.15) is 4.31 Å². The molecule has 6 heteroatoms. The fourth-order valence-electron chi connectivity index (χ4n) is 2.08. The first kappa shape index (κ1) is 13.3. The van der Waals surface area contributed by atoms with Gasteiger partial charge in [0.1, 0.15) is 4.21 Å². The molecule has 0 aliphatic carbocycles. The minimum Gasteiger partial charge on any atom is -0.206 e. The van der Waals surface area contributed by atoms with E-state index in [0.29, 0.717) is 29.1 Å². The highest BCUT2D eigenvalue weighted by Gasteiger charge is 2.32. The SMILES string of the molecule is Cc1ccc(S(=O)(=O)N2CCC(CCCl)C2)s1. The molecule has 17 heavy (non-hydrogen) atoms. The van der Waals surface area contributed by atoms with Gasteiger partial charge >= 0.3 is 0 Å². The first-order valence-corrected chi connectivity index (χ1v) is 8.45. The maximum Gasteiger partial charge on any atom is 0.252 e. The standard InChI is InChI=1S/C11H16ClNO2S2/c1-9-2-3-11(16-9)17(14,15)13-7-5-10(8-13)4-6-12/h2-3,10H,4-8H2,1H3. The number of nitrogens with zero attached hydrogens (tertiary/aromatic N) is 1. The molecule has 1 aliphatic rings. The van der Waals surface area contributed by atoms with Crippen molar-refractivity contribution in [2.24, 2.45) is 5.92 Å². The second-order valence-electron chi connectivity index (χ2n) is 4.36. The van der Waals surface area contributed by atoms with Crippen LogP contribution in [-0.2, 0) is 10.0 Å². The summed E-state index contributed by atoms with van der Waals surface area (Å²) in [5.41, 5.74) is 0. The molecule has 1 aromatic heterocycles. The number of rotatable bonds is 4. The molecule has 0 saturated carbocycles. The summed E-state index contributed by atoms with van der Waals surface area (Å²) in [7, 11) is -3.26. The number of hydrogen-bond acceptors (Lipinski definition) is 3. The normalized spacial score (nSPS) is 22.1. The lowest BCUT2D eigenvalue weighted by molar-refractivity contribution is 0.455. The second kappa shape index (κ2) is 5.26. The fourth-order valence-corrected chi connectivity index (χ4v) is 5.36. The van der Waals surface area contributed by atoms with E-state index >= 15 is 0 Å². The molecule has 1 aliphatic heterocycles. The first-order valence-electron chi connectivity index (χ1n) is 5.66. The molecule has 1 aromatic rings. The van der Waals surface area contributed by atoms with Crippen LogP contribution in [0.15, 0.2) is 16.3 Å². The Hall–Kier alpha value is -0.100. The van der Waals surface area contributed by atoms with Gasteiger partial charge in [-0.1, -0.05) is 0 Å². The minimum absolute atomic E-state index is 0.420. The molecule has 1 atom stereocenters. The van der Waals surface area contributed by atoms with E-state index in [9.17, 15) is 8.42 Å². The van der Waals surface area contributed by atoms with Crippen molar-refractivity contribution in [3.05, 3.63) is 17.0 Å². The zero-order valence-electron chi connectivity index (χ0n) is 9.73. The summed E-state index contributed by atoms with van der Waals surface area (Å²) in [6.07, 6.45) is 1.83. The summed E-state index contributed by atoms with van der Waals surface area (Å²) in [4.78, 5) is 1.03. The van der Waals surface area contributed by atoms with E-state index in [0.717, 1.165) is 17.7 Å². The molecular weight excluding hydrogens is 278 g/mol. The summed E-state index contributed by atoms with van der Waals surface area (Å²) in [6, 6.07) is 3.55. The van der Waals surface area contributed by atoms with Gasteiger partial charge in [-0.05, 0) is 37.8 Å². The quantitative estimate of drug-likeness (QED) is 0.801. The van der Waals surface area contributed by atoms with Crippen molar-refractivity contribution in [1.82, 2.24) is 4.31 Å². The predicted octanol–water partition coefficient (Wildman–Crippen LogP) is 2.70. The van der Waals surface area contributed by atoms with Gasteiger partial charge in [0.15, 0.2) is 0 Å². The Morgan fingerprint density at radius 1 is 1.53 bits per heavy atom. The lowest BCUT2D eigenvalue weighted by Crippen LogP contribution is -2.28. The number of aryl methyl sites for hydroxylation is 1. The lowest BCUT2D eigenvalue weighted by atomic mass is 10.1. The zero-order valence-corrected chi connectivity index (χ0v) is 12.1. The molecule has 0 bridgehead atoms. The third-order valence-electron chi connectivity index (χ3n) is 3.08. The summed E-state index contributed by atoms with van der Waals surface area (Å²) in [6.45, 7) is 3.16. The van der Waals surface area contributed by atoms with E-state index in [1.165, 1.54) is 11.3 Å². The lowest BCUT2D eigenvalue weighted by Gasteiger charge is -2.14. The summed E-state index contributed by atoms with van der Waals surface area (Å²) >= 11 is 7.04. The molecule has 2 rings (SSSR count). The van der Waals surface area contributed by atoms with Crippen molar-refractivity contribution >= 4 is 33.0 Å². The van der Waals surface area contributed by atoms with Gasteiger partial charge in [0.2, 0.25) is 0 Å². The molecule has 2 heterocycles. The van der Waals surface area contributed by atoms with Crippen molar-refractivity contribution in [3.8, 4) is 0 Å². The largest absolute Gasteiger partial charge is 0.252 e. The second-order valence-corrected chi connectivity index (χ2v) is 8.19. The third kappa shape index (κ3) is 2.84. The van der Waals surface area contributed by atoms with Gasteiger partial charge in [-0.25, -0.2) is 8.42 Å². The highest BCUT2D eigenvalue weighted by Crippen LogP contribution is 2.29. The van der Waals surface area contributed by atoms with E-state index < -0.39 is 10.0 Å². The third-order valence-corrected chi connectivity index (χ3v) is 6.63. The van der Waals surface area contributed by atoms with Gasteiger partial charge in [0.05, 0.1) is 0 Å². The highest BCUT2D eigenvalue weighted by atomic mass is 35.5. The Balaban J connectivity index is 2.13. The van der Waals surface area contributed by atoms with Crippen LogP contribution >= 0.6 is 22.9 Å². The summed E-state index contributed by atoms with van der Waals surface area (Å²) in [5, 5.41) is 0. The molecule has 1 unspecified atom stereocenters. The van der Waals surface area contributed by atoms with E-state index in [1.807, 2.05) is 13.0 Å². The fraction of sp³-hybridized carbons (Fsp3) is 0.636. The maximum absolute atomic E-state index is 12.3. The minimum atomic E-state index is -3.26. The number of thiophene rings is 1. The van der Waals surface area contributed by atoms with Crippen molar-refractivity contribution in [2.75, 3.05) is 19.0 Å². The summed E-state index contributed by atoms with van der Waals surface area (Å²) in [5.74, 6) is 1.03. The van der Waals surface area contributed by atoms with Crippen LogP contribution in [0.3, 0.4) is 0 Å². The van der Waals surface area contributed by atoms with Crippen LogP contribution in [0.5, 0.6) is 0 Å². The molecule has 1 fully saturated rings. The van der Waals surface area contributed by atoms with Gasteiger partial charge in [0.25, 0.3) is 10.0 Å². The van der Waals surface area contributed by atoms with Gasteiger partial charge in [0, 0.05) is 23.8 Å². The average Bonchev–Trinajstić information content (AvgIpc) is 2.88. The van der Waals surface area contributed by atoms with Gasteiger partial charge < -0.3 is 0 Å². The molecule has 0 spiro atoms. The summed E-state index contributed by atoms with van der Waals surface area (Å²) < 4.78 is 26.7. The molecule has 96 valence electrons. The zero-order chi connectivity index (χ0) is 12.5. The Labute approximate surface area is 111 Å². The smallest absolute Gasteiger partial charge is 0.206 e. The molecule has 0 aromatic carbocycles. The predicted molar refractivity (Wildman–Crippen MR) is 71.3 cm³/mol. The topological polar surface area (TPSA) is 37.4 Å². The van der Waals surface area contributed by atoms with E-state index in [-0.39, 0.29) is 0 Å². The van der Waals surface area contributed by atoms with E-state index in [2.05, 4.69) is 0 Å². The molecule has 0 radical (unpaired) electrons. The number of sulfonamides is 1. The molecular formula is C11H16ClNO2S2. The van der Waals surface area contributed by atoms with Crippen molar-refractivity contribution < 1.29 is 8.42 Å². The maximum atomic E-state index is 12.3. The molecule has 0 amide bonds. The Bertz CT molecular complexity index is 483. The van der Waals surface area contributed by atoms with Crippen molar-refractivity contribution in [2.45, 2.75) is 24.0 Å². The van der Waals surface area contributed by atoms with Crippen LogP contribution in [0.2, 0.25) is 0 Å². The molecule has 0 N–H and O–H groups in total. The monoisotopic (exact) mass is 293 g/mol. The van der Waals surface area contributed by atoms with Gasteiger partial charge in [-0.3, -0.25) is 0 Å². The first-order chi connectivity index (χ1) is 8.04.